The number of nitrogens with zero attached hydrogens (tertiary/aromatic N) is 1. The Hall–Kier alpha value is -1.65. The average molecular weight is 533 g/mol. The van der Waals surface area contributed by atoms with Crippen LogP contribution < -0.4 is 5.32 Å². The molecular formula is C22H26Cl2N2O5S2. The van der Waals surface area contributed by atoms with Crippen molar-refractivity contribution in [3.05, 3.63) is 63.6 Å². The van der Waals surface area contributed by atoms with Crippen molar-refractivity contribution in [1.29, 1.82) is 0 Å². The number of halogens is 2. The van der Waals surface area contributed by atoms with Gasteiger partial charge in [-0.3, -0.25) is 4.79 Å². The molecule has 0 radical (unpaired) electrons. The summed E-state index contributed by atoms with van der Waals surface area (Å²) in [5, 5.41) is 3.48. The van der Waals surface area contributed by atoms with E-state index < -0.39 is 25.8 Å². The van der Waals surface area contributed by atoms with Gasteiger partial charge in [-0.2, -0.15) is 0 Å². The van der Waals surface area contributed by atoms with E-state index in [-0.39, 0.29) is 39.2 Å². The smallest absolute Gasteiger partial charge is 0.224 e. The predicted molar refractivity (Wildman–Crippen MR) is 129 cm³/mol. The van der Waals surface area contributed by atoms with E-state index in [9.17, 15) is 21.6 Å². The summed E-state index contributed by atoms with van der Waals surface area (Å²) in [6.07, 6.45) is 2.27. The molecule has 33 heavy (non-hydrogen) atoms. The number of amides is 1. The molecule has 7 nitrogen and oxygen atoms in total. The van der Waals surface area contributed by atoms with Gasteiger partial charge < -0.3 is 5.32 Å². The highest BCUT2D eigenvalue weighted by molar-refractivity contribution is 7.90. The Labute approximate surface area is 205 Å². The molecular weight excluding hydrogens is 507 g/mol. The summed E-state index contributed by atoms with van der Waals surface area (Å²) >= 11 is 12.3. The van der Waals surface area contributed by atoms with E-state index in [0.717, 1.165) is 11.8 Å². The molecule has 180 valence electrons. The summed E-state index contributed by atoms with van der Waals surface area (Å²) in [5.41, 5.74) is 1.10. The van der Waals surface area contributed by atoms with E-state index in [4.69, 9.17) is 23.2 Å². The van der Waals surface area contributed by atoms with Crippen molar-refractivity contribution >= 4 is 49.0 Å². The first-order chi connectivity index (χ1) is 15.4. The molecule has 0 saturated carbocycles. The molecule has 1 aliphatic heterocycles. The lowest BCUT2D eigenvalue weighted by Crippen LogP contribution is -2.46. The van der Waals surface area contributed by atoms with Crippen LogP contribution in [0.15, 0.2) is 47.4 Å². The van der Waals surface area contributed by atoms with Crippen LogP contribution in [0.25, 0.3) is 0 Å². The highest BCUT2D eigenvalue weighted by atomic mass is 35.5. The highest BCUT2D eigenvalue weighted by Crippen LogP contribution is 2.29. The van der Waals surface area contributed by atoms with E-state index in [2.05, 4.69) is 5.32 Å². The number of rotatable bonds is 7. The van der Waals surface area contributed by atoms with Gasteiger partial charge >= 0.3 is 0 Å². The Bertz CT molecular complexity index is 1210. The zero-order valence-corrected chi connectivity index (χ0v) is 21.4. The van der Waals surface area contributed by atoms with E-state index >= 15 is 0 Å². The van der Waals surface area contributed by atoms with Gasteiger partial charge in [0.2, 0.25) is 15.9 Å². The second-order valence-electron chi connectivity index (χ2n) is 8.23. The molecule has 1 fully saturated rings. The number of hydrogen-bond acceptors (Lipinski definition) is 5. The van der Waals surface area contributed by atoms with Crippen molar-refractivity contribution in [2.24, 2.45) is 5.92 Å². The fourth-order valence-corrected chi connectivity index (χ4v) is 6.76. The SMILES string of the molecule is C[C@H](NC(=O)[C@H]1CCCN(S(=O)(=O)Cc2c(Cl)cccc2Cl)C1)c1ccc(S(C)(=O)=O)cc1. The quantitative estimate of drug-likeness (QED) is 0.584. The van der Waals surface area contributed by atoms with Gasteiger partial charge in [-0.05, 0) is 49.6 Å². The van der Waals surface area contributed by atoms with Gasteiger partial charge in [0.05, 0.1) is 22.6 Å². The molecule has 11 heteroatoms. The number of sulfone groups is 1. The lowest BCUT2D eigenvalue weighted by molar-refractivity contribution is -0.126. The molecule has 2 atom stereocenters. The van der Waals surface area contributed by atoms with Gasteiger partial charge in [0.25, 0.3) is 0 Å². The minimum atomic E-state index is -3.72. The zero-order valence-electron chi connectivity index (χ0n) is 18.3. The Morgan fingerprint density at radius 2 is 1.70 bits per heavy atom. The average Bonchev–Trinajstić information content (AvgIpc) is 2.76. The second-order valence-corrected chi connectivity index (χ2v) is 13.0. The molecule has 0 aromatic heterocycles. The Balaban J connectivity index is 1.66. The summed E-state index contributed by atoms with van der Waals surface area (Å²) in [4.78, 5) is 13.1. The monoisotopic (exact) mass is 532 g/mol. The summed E-state index contributed by atoms with van der Waals surface area (Å²) in [6, 6.07) is 10.8. The number of hydrogen-bond donors (Lipinski definition) is 1. The maximum Gasteiger partial charge on any atom is 0.224 e. The summed E-state index contributed by atoms with van der Waals surface area (Å²) in [5.74, 6) is -1.07. The van der Waals surface area contributed by atoms with Gasteiger partial charge in [-0.25, -0.2) is 21.1 Å². The highest BCUT2D eigenvalue weighted by Gasteiger charge is 2.33. The van der Waals surface area contributed by atoms with Crippen molar-refractivity contribution in [2.75, 3.05) is 19.3 Å². The van der Waals surface area contributed by atoms with Crippen molar-refractivity contribution < 1.29 is 21.6 Å². The number of carbonyl (C=O) groups is 1. The first kappa shape index (κ1) is 26.0. The van der Waals surface area contributed by atoms with Crippen LogP contribution in [0.2, 0.25) is 10.0 Å². The third-order valence-electron chi connectivity index (χ3n) is 5.70. The minimum absolute atomic E-state index is 0.0793. The largest absolute Gasteiger partial charge is 0.349 e. The predicted octanol–water partition coefficient (Wildman–Crippen LogP) is 3.82. The van der Waals surface area contributed by atoms with Crippen LogP contribution in [-0.4, -0.2) is 46.4 Å². The standard InChI is InChI=1S/C22H26Cl2N2O5S2/c1-15(16-8-10-18(11-9-16)32(2,28)29)25-22(27)17-5-4-12-26(13-17)33(30,31)14-19-20(23)6-3-7-21(19)24/h3,6-11,15,17H,4-5,12-14H2,1-2H3,(H,25,27)/t15-,17-/m0/s1. The molecule has 0 aliphatic carbocycles. The molecule has 0 unspecified atom stereocenters. The molecule has 1 amide bonds. The lowest BCUT2D eigenvalue weighted by Gasteiger charge is -2.32. The van der Waals surface area contributed by atoms with Crippen molar-refractivity contribution in [3.8, 4) is 0 Å². The molecule has 2 aromatic carbocycles. The van der Waals surface area contributed by atoms with Crippen LogP contribution in [0.5, 0.6) is 0 Å². The van der Waals surface area contributed by atoms with Crippen molar-refractivity contribution in [2.45, 2.75) is 36.5 Å². The Morgan fingerprint density at radius 1 is 1.09 bits per heavy atom. The number of carbonyl (C=O) groups excluding carboxylic acids is 1. The fraction of sp³-hybridized carbons (Fsp3) is 0.409. The van der Waals surface area contributed by atoms with Crippen LogP contribution in [-0.2, 0) is 30.4 Å². The molecule has 1 heterocycles. The number of sulfonamides is 1. The molecule has 1 saturated heterocycles. The van der Waals surface area contributed by atoms with Crippen LogP contribution in [0, 0.1) is 5.92 Å². The molecule has 3 rings (SSSR count). The van der Waals surface area contributed by atoms with Crippen LogP contribution >= 0.6 is 23.2 Å². The molecule has 2 aromatic rings. The topological polar surface area (TPSA) is 101 Å². The van der Waals surface area contributed by atoms with Gasteiger partial charge in [0.15, 0.2) is 9.84 Å². The van der Waals surface area contributed by atoms with Crippen molar-refractivity contribution in [3.63, 3.8) is 0 Å². The molecule has 1 N–H and O–H groups in total. The number of piperidine rings is 1. The van der Waals surface area contributed by atoms with Crippen LogP contribution in [0.4, 0.5) is 0 Å². The van der Waals surface area contributed by atoms with Gasteiger partial charge in [0.1, 0.15) is 0 Å². The zero-order chi connectivity index (χ0) is 24.4. The van der Waals surface area contributed by atoms with Gasteiger partial charge in [0, 0.05) is 35.0 Å². The second kappa shape index (κ2) is 10.3. The third kappa shape index (κ3) is 6.48. The minimum Gasteiger partial charge on any atom is -0.349 e. The van der Waals surface area contributed by atoms with E-state index in [0.29, 0.717) is 24.9 Å². The van der Waals surface area contributed by atoms with Crippen LogP contribution in [0.1, 0.15) is 36.9 Å². The summed E-state index contributed by atoms with van der Waals surface area (Å²) in [6.45, 7) is 2.21. The molecule has 1 aliphatic rings. The molecule has 0 spiro atoms. The van der Waals surface area contributed by atoms with E-state index in [1.54, 1.807) is 37.3 Å². The first-order valence-corrected chi connectivity index (χ1v) is 14.7. The van der Waals surface area contributed by atoms with Gasteiger partial charge in [-0.15, -0.1) is 0 Å². The lowest BCUT2D eigenvalue weighted by atomic mass is 9.98. The van der Waals surface area contributed by atoms with E-state index in [1.165, 1.54) is 16.4 Å². The van der Waals surface area contributed by atoms with Gasteiger partial charge in [-0.1, -0.05) is 41.4 Å². The number of benzene rings is 2. The normalized spacial score (nSPS) is 18.6. The Morgan fingerprint density at radius 3 is 2.27 bits per heavy atom. The Kier molecular flexibility index (Phi) is 8.11. The number of nitrogens with one attached hydrogen (secondary N) is 1. The van der Waals surface area contributed by atoms with E-state index in [1.807, 2.05) is 0 Å². The van der Waals surface area contributed by atoms with Crippen molar-refractivity contribution in [1.82, 2.24) is 9.62 Å². The summed E-state index contributed by atoms with van der Waals surface area (Å²) in [7, 11) is -7.02. The maximum atomic E-state index is 13.0. The maximum absolute atomic E-state index is 13.0. The molecule has 0 bridgehead atoms. The first-order valence-electron chi connectivity index (χ1n) is 10.4. The third-order valence-corrected chi connectivity index (χ3v) is 9.31. The fourth-order valence-electron chi connectivity index (χ4n) is 3.77. The van der Waals surface area contributed by atoms with Crippen LogP contribution in [0.3, 0.4) is 0 Å². The summed E-state index contributed by atoms with van der Waals surface area (Å²) < 4.78 is 50.6.